The number of aryl methyl sites for hydroxylation is 2. The first-order valence-corrected chi connectivity index (χ1v) is 12.1. The van der Waals surface area contributed by atoms with E-state index >= 15 is 0 Å². The van der Waals surface area contributed by atoms with E-state index in [1.54, 1.807) is 18.2 Å². The minimum Gasteiger partial charge on any atom is -0.350 e. The summed E-state index contributed by atoms with van der Waals surface area (Å²) in [6, 6.07) is 20.8. The number of nitrogens with zero attached hydrogens (tertiary/aromatic N) is 2. The van der Waals surface area contributed by atoms with Crippen LogP contribution in [0, 0.1) is 13.8 Å². The number of anilines is 1. The Morgan fingerprint density at radius 1 is 0.886 bits per heavy atom. The van der Waals surface area contributed by atoms with Crippen molar-refractivity contribution in [1.82, 2.24) is 10.2 Å². The summed E-state index contributed by atoms with van der Waals surface area (Å²) in [7, 11) is 0. The van der Waals surface area contributed by atoms with Gasteiger partial charge in [-0.15, -0.1) is 0 Å². The van der Waals surface area contributed by atoms with Crippen LogP contribution in [0.2, 0.25) is 0 Å². The lowest BCUT2D eigenvalue weighted by Crippen LogP contribution is -2.36. The molecule has 1 saturated heterocycles. The molecule has 35 heavy (non-hydrogen) atoms. The molecule has 1 unspecified atom stereocenters. The summed E-state index contributed by atoms with van der Waals surface area (Å²) < 4.78 is 0. The van der Waals surface area contributed by atoms with Gasteiger partial charge in [0.1, 0.15) is 0 Å². The van der Waals surface area contributed by atoms with Crippen LogP contribution in [0.1, 0.15) is 66.6 Å². The molecule has 0 spiro atoms. The number of carbonyl (C=O) groups excluding carboxylic acids is 3. The largest absolute Gasteiger partial charge is 0.350 e. The normalized spacial score (nSPS) is 16.5. The number of hydrogen-bond donors (Lipinski definition) is 1. The standard InChI is InChI=1S/C29H29N3O3/c1-19-10-11-20(2)25(16-19)32-28(34)23-13-12-22(17-24(23)29(32)35)27(33)30-18-26(31-14-6-7-15-31)21-8-4-3-5-9-21/h3-5,8-13,16-17,26H,6-7,14-15,18H2,1-2H3,(H,30,33). The Bertz CT molecular complexity index is 1300. The van der Waals surface area contributed by atoms with Crippen molar-refractivity contribution in [1.29, 1.82) is 0 Å². The van der Waals surface area contributed by atoms with Crippen molar-refractivity contribution < 1.29 is 14.4 Å². The summed E-state index contributed by atoms with van der Waals surface area (Å²) in [5.74, 6) is -1.00. The number of fused-ring (bicyclic) bond motifs is 1. The molecule has 0 aliphatic carbocycles. The van der Waals surface area contributed by atoms with Gasteiger partial charge >= 0.3 is 0 Å². The van der Waals surface area contributed by atoms with E-state index in [1.165, 1.54) is 10.5 Å². The zero-order chi connectivity index (χ0) is 24.5. The molecule has 2 aliphatic heterocycles. The lowest BCUT2D eigenvalue weighted by molar-refractivity contribution is 0.0921. The van der Waals surface area contributed by atoms with Crippen LogP contribution in [0.15, 0.2) is 66.7 Å². The van der Waals surface area contributed by atoms with Crippen molar-refractivity contribution >= 4 is 23.4 Å². The van der Waals surface area contributed by atoms with Crippen LogP contribution in [0.25, 0.3) is 0 Å². The van der Waals surface area contributed by atoms with E-state index < -0.39 is 5.91 Å². The van der Waals surface area contributed by atoms with E-state index in [4.69, 9.17) is 0 Å². The monoisotopic (exact) mass is 467 g/mol. The third-order valence-electron chi connectivity index (χ3n) is 6.98. The first-order valence-electron chi connectivity index (χ1n) is 12.1. The molecule has 3 amide bonds. The van der Waals surface area contributed by atoms with Crippen LogP contribution in [0.5, 0.6) is 0 Å². The van der Waals surface area contributed by atoms with Gasteiger partial charge < -0.3 is 5.32 Å². The van der Waals surface area contributed by atoms with E-state index in [0.717, 1.165) is 37.1 Å². The second-order valence-electron chi connectivity index (χ2n) is 9.38. The van der Waals surface area contributed by atoms with Crippen molar-refractivity contribution in [2.75, 3.05) is 24.5 Å². The Hall–Kier alpha value is -3.77. The van der Waals surface area contributed by atoms with Crippen molar-refractivity contribution in [3.05, 3.63) is 100 Å². The fraction of sp³-hybridized carbons (Fsp3) is 0.276. The topological polar surface area (TPSA) is 69.7 Å². The minimum atomic E-state index is -0.396. The number of hydrogen-bond acceptors (Lipinski definition) is 4. The maximum Gasteiger partial charge on any atom is 0.266 e. The van der Waals surface area contributed by atoms with Gasteiger partial charge in [-0.2, -0.15) is 0 Å². The van der Waals surface area contributed by atoms with Crippen LogP contribution >= 0.6 is 0 Å². The smallest absolute Gasteiger partial charge is 0.266 e. The van der Waals surface area contributed by atoms with Crippen LogP contribution < -0.4 is 10.2 Å². The van der Waals surface area contributed by atoms with Crippen molar-refractivity contribution in [3.63, 3.8) is 0 Å². The summed E-state index contributed by atoms with van der Waals surface area (Å²) in [5, 5.41) is 3.06. The second-order valence-corrected chi connectivity index (χ2v) is 9.38. The summed E-state index contributed by atoms with van der Waals surface area (Å²) in [4.78, 5) is 43.0. The van der Waals surface area contributed by atoms with Gasteiger partial charge in [0.05, 0.1) is 22.9 Å². The molecule has 2 aliphatic rings. The van der Waals surface area contributed by atoms with E-state index in [9.17, 15) is 14.4 Å². The Labute approximate surface area is 205 Å². The number of rotatable bonds is 6. The van der Waals surface area contributed by atoms with Crippen molar-refractivity contribution in [2.45, 2.75) is 32.7 Å². The Balaban J connectivity index is 1.36. The Morgan fingerprint density at radius 2 is 1.60 bits per heavy atom. The quantitative estimate of drug-likeness (QED) is 0.535. The predicted molar refractivity (Wildman–Crippen MR) is 136 cm³/mol. The van der Waals surface area contributed by atoms with E-state index in [2.05, 4.69) is 22.3 Å². The highest BCUT2D eigenvalue weighted by molar-refractivity contribution is 6.35. The number of amides is 3. The molecule has 3 aromatic rings. The molecule has 0 radical (unpaired) electrons. The van der Waals surface area contributed by atoms with Gasteiger partial charge in [0.2, 0.25) is 0 Å². The van der Waals surface area contributed by atoms with Crippen LogP contribution in [0.3, 0.4) is 0 Å². The van der Waals surface area contributed by atoms with Crippen LogP contribution in [-0.4, -0.2) is 42.3 Å². The number of nitrogens with one attached hydrogen (secondary N) is 1. The van der Waals surface area contributed by atoms with Crippen LogP contribution in [0.4, 0.5) is 5.69 Å². The molecule has 6 nitrogen and oxygen atoms in total. The average molecular weight is 468 g/mol. The SMILES string of the molecule is Cc1ccc(C)c(N2C(=O)c3ccc(C(=O)NCC(c4ccccc4)N4CCCC4)cc3C2=O)c1. The molecule has 1 N–H and O–H groups in total. The minimum absolute atomic E-state index is 0.0973. The fourth-order valence-corrected chi connectivity index (χ4v) is 5.04. The highest BCUT2D eigenvalue weighted by atomic mass is 16.2. The number of carbonyl (C=O) groups is 3. The van der Waals surface area contributed by atoms with Gasteiger partial charge in [0.15, 0.2) is 0 Å². The molecule has 6 heteroatoms. The zero-order valence-corrected chi connectivity index (χ0v) is 20.1. The van der Waals surface area contributed by atoms with Crippen molar-refractivity contribution in [2.24, 2.45) is 0 Å². The summed E-state index contributed by atoms with van der Waals surface area (Å²) in [5.41, 5.74) is 4.53. The maximum absolute atomic E-state index is 13.2. The van der Waals surface area contributed by atoms with Gasteiger partial charge in [0.25, 0.3) is 17.7 Å². The third kappa shape index (κ3) is 4.37. The predicted octanol–water partition coefficient (Wildman–Crippen LogP) is 4.67. The molecule has 0 saturated carbocycles. The number of likely N-dealkylation sites (tertiary alicyclic amines) is 1. The molecule has 0 bridgehead atoms. The molecular weight excluding hydrogens is 438 g/mol. The summed E-state index contributed by atoms with van der Waals surface area (Å²) in [6.45, 7) is 6.30. The molecular formula is C29H29N3O3. The number of benzene rings is 3. The lowest BCUT2D eigenvalue weighted by atomic mass is 10.0. The first-order chi connectivity index (χ1) is 16.9. The fourth-order valence-electron chi connectivity index (χ4n) is 5.04. The van der Waals surface area contributed by atoms with Crippen molar-refractivity contribution in [3.8, 4) is 0 Å². The molecule has 1 atom stereocenters. The molecule has 5 rings (SSSR count). The molecule has 178 valence electrons. The van der Waals surface area contributed by atoms with Gasteiger partial charge in [-0.3, -0.25) is 19.3 Å². The average Bonchev–Trinajstić information content (AvgIpc) is 3.48. The molecule has 3 aromatic carbocycles. The van der Waals surface area contributed by atoms with Gasteiger partial charge in [-0.05, 0) is 80.7 Å². The van der Waals surface area contributed by atoms with E-state index in [0.29, 0.717) is 23.4 Å². The Morgan fingerprint density at radius 3 is 2.34 bits per heavy atom. The van der Waals surface area contributed by atoms with Crippen LogP contribution in [-0.2, 0) is 0 Å². The highest BCUT2D eigenvalue weighted by Gasteiger charge is 2.38. The first kappa shape index (κ1) is 23.0. The van der Waals surface area contributed by atoms with Gasteiger partial charge in [-0.1, -0.05) is 42.5 Å². The molecule has 2 heterocycles. The molecule has 0 aromatic heterocycles. The zero-order valence-electron chi connectivity index (χ0n) is 20.1. The maximum atomic E-state index is 13.2. The highest BCUT2D eigenvalue weighted by Crippen LogP contribution is 2.32. The number of imide groups is 1. The van der Waals surface area contributed by atoms with Gasteiger partial charge in [-0.25, -0.2) is 4.90 Å². The van der Waals surface area contributed by atoms with E-state index in [-0.39, 0.29) is 23.4 Å². The second kappa shape index (κ2) is 9.47. The van der Waals surface area contributed by atoms with Gasteiger partial charge in [0, 0.05) is 12.1 Å². The lowest BCUT2D eigenvalue weighted by Gasteiger charge is -2.28. The summed E-state index contributed by atoms with van der Waals surface area (Å²) >= 11 is 0. The van der Waals surface area contributed by atoms with E-state index in [1.807, 2.05) is 50.2 Å². The molecule has 1 fully saturated rings. The Kier molecular flexibility index (Phi) is 6.22. The summed E-state index contributed by atoms with van der Waals surface area (Å²) in [6.07, 6.45) is 2.32. The third-order valence-corrected chi connectivity index (χ3v) is 6.98.